The van der Waals surface area contributed by atoms with Gasteiger partial charge >= 0.3 is 0 Å². The van der Waals surface area contributed by atoms with Crippen LogP contribution in [0.5, 0.6) is 0 Å². The second-order valence-electron chi connectivity index (χ2n) is 6.13. The van der Waals surface area contributed by atoms with Crippen molar-refractivity contribution in [3.63, 3.8) is 0 Å². The van der Waals surface area contributed by atoms with E-state index in [1.165, 1.54) is 25.7 Å². The van der Waals surface area contributed by atoms with Crippen LogP contribution in [0.15, 0.2) is 28.7 Å². The van der Waals surface area contributed by atoms with Gasteiger partial charge in [-0.1, -0.05) is 34.5 Å². The fourth-order valence-electron chi connectivity index (χ4n) is 4.06. The highest BCUT2D eigenvalue weighted by Gasteiger charge is 2.42. The molecule has 100 valence electrons. The molecule has 4 rings (SSSR count). The van der Waals surface area contributed by atoms with E-state index in [1.54, 1.807) is 0 Å². The maximum Gasteiger partial charge on any atom is 0.196 e. The van der Waals surface area contributed by atoms with Crippen molar-refractivity contribution in [2.45, 2.75) is 36.9 Å². The monoisotopic (exact) mass is 319 g/mol. The molecule has 0 saturated heterocycles. The maximum absolute atomic E-state index is 5.84. The van der Waals surface area contributed by atoms with E-state index < -0.39 is 0 Å². The van der Waals surface area contributed by atoms with E-state index in [1.807, 2.05) is 24.3 Å². The van der Waals surface area contributed by atoms with Gasteiger partial charge in [0.1, 0.15) is 5.52 Å². The second-order valence-corrected chi connectivity index (χ2v) is 7.31. The normalized spacial score (nSPS) is 31.1. The molecule has 0 spiro atoms. The molecule has 4 atom stereocenters. The third kappa shape index (κ3) is 2.12. The molecular weight excluding hydrogens is 302 g/mol. The predicted molar refractivity (Wildman–Crippen MR) is 79.4 cm³/mol. The average Bonchev–Trinajstić information content (AvgIpc) is 3.12. The number of hydrogen-bond acceptors (Lipinski definition) is 2. The first-order chi connectivity index (χ1) is 9.29. The maximum atomic E-state index is 5.84. The van der Waals surface area contributed by atoms with Crippen LogP contribution >= 0.6 is 15.9 Å². The van der Waals surface area contributed by atoms with E-state index in [9.17, 15) is 0 Å². The van der Waals surface area contributed by atoms with Crippen LogP contribution in [-0.2, 0) is 6.42 Å². The van der Waals surface area contributed by atoms with Gasteiger partial charge in [-0.15, -0.1) is 0 Å². The first-order valence-electron chi connectivity index (χ1n) is 7.28. The summed E-state index contributed by atoms with van der Waals surface area (Å²) in [7, 11) is 0. The fourth-order valence-corrected chi connectivity index (χ4v) is 4.99. The molecule has 2 fully saturated rings. The number of hydrogen-bond donors (Lipinski definition) is 0. The molecule has 2 saturated carbocycles. The van der Waals surface area contributed by atoms with Crippen LogP contribution in [-0.4, -0.2) is 9.81 Å². The van der Waals surface area contributed by atoms with E-state index in [4.69, 9.17) is 4.42 Å². The van der Waals surface area contributed by atoms with Gasteiger partial charge in [0.25, 0.3) is 0 Å². The highest BCUT2D eigenvalue weighted by molar-refractivity contribution is 9.09. The lowest BCUT2D eigenvalue weighted by Crippen LogP contribution is -2.22. The van der Waals surface area contributed by atoms with Crippen molar-refractivity contribution < 1.29 is 4.42 Å². The lowest BCUT2D eigenvalue weighted by atomic mass is 9.85. The summed E-state index contributed by atoms with van der Waals surface area (Å²) in [6.07, 6.45) is 6.68. The summed E-state index contributed by atoms with van der Waals surface area (Å²) in [5.41, 5.74) is 1.88. The van der Waals surface area contributed by atoms with E-state index in [-0.39, 0.29) is 0 Å². The zero-order chi connectivity index (χ0) is 12.8. The molecule has 1 aromatic heterocycles. The van der Waals surface area contributed by atoms with Crippen LogP contribution < -0.4 is 0 Å². The van der Waals surface area contributed by atoms with Gasteiger partial charge in [0.05, 0.1) is 0 Å². The molecule has 3 heteroatoms. The molecule has 4 unspecified atom stereocenters. The van der Waals surface area contributed by atoms with Gasteiger partial charge in [0.15, 0.2) is 11.5 Å². The highest BCUT2D eigenvalue weighted by Crippen LogP contribution is 2.51. The van der Waals surface area contributed by atoms with Crippen molar-refractivity contribution in [2.24, 2.45) is 17.8 Å². The largest absolute Gasteiger partial charge is 0.441 e. The first-order valence-corrected chi connectivity index (χ1v) is 8.19. The Bertz CT molecular complexity index is 560. The molecular formula is C16H18BrNO. The number of halogens is 1. The van der Waals surface area contributed by atoms with Crippen LogP contribution in [0.3, 0.4) is 0 Å². The molecule has 1 heterocycles. The standard InChI is InChI=1S/C16H18BrNO/c17-13(12-8-10-5-6-11(12)7-10)9-16-18-14-3-1-2-4-15(14)19-16/h1-4,10-13H,5-9H2. The van der Waals surface area contributed by atoms with Gasteiger partial charge in [-0.05, 0) is 49.1 Å². The van der Waals surface area contributed by atoms with Crippen LogP contribution in [0.25, 0.3) is 11.1 Å². The number of aromatic nitrogens is 1. The van der Waals surface area contributed by atoms with Gasteiger partial charge in [-0.2, -0.15) is 0 Å². The third-order valence-electron chi connectivity index (χ3n) is 4.97. The van der Waals surface area contributed by atoms with E-state index in [0.29, 0.717) is 4.83 Å². The Hall–Kier alpha value is -0.830. The quantitative estimate of drug-likeness (QED) is 0.774. The zero-order valence-electron chi connectivity index (χ0n) is 10.9. The Morgan fingerprint density at radius 3 is 2.89 bits per heavy atom. The third-order valence-corrected chi connectivity index (χ3v) is 5.97. The molecule has 0 amide bonds. The van der Waals surface area contributed by atoms with Crippen LogP contribution in [0.2, 0.25) is 0 Å². The number of nitrogens with zero attached hydrogens (tertiary/aromatic N) is 1. The summed E-state index contributed by atoms with van der Waals surface area (Å²) in [5.74, 6) is 3.65. The number of fused-ring (bicyclic) bond motifs is 3. The fraction of sp³-hybridized carbons (Fsp3) is 0.562. The van der Waals surface area contributed by atoms with Crippen LogP contribution in [0, 0.1) is 17.8 Å². The predicted octanol–water partition coefficient (Wildman–Crippen LogP) is 4.57. The van der Waals surface area contributed by atoms with E-state index >= 15 is 0 Å². The van der Waals surface area contributed by atoms with Gasteiger partial charge in [-0.25, -0.2) is 4.98 Å². The minimum absolute atomic E-state index is 0.524. The summed E-state index contributed by atoms with van der Waals surface area (Å²) in [6, 6.07) is 8.02. The smallest absolute Gasteiger partial charge is 0.196 e. The SMILES string of the molecule is BrC(Cc1nc2ccccc2o1)C1CC2CCC1C2. The van der Waals surface area contributed by atoms with Gasteiger partial charge < -0.3 is 4.42 Å². The number of alkyl halides is 1. The Labute approximate surface area is 121 Å². The van der Waals surface area contributed by atoms with Crippen molar-refractivity contribution >= 4 is 27.0 Å². The highest BCUT2D eigenvalue weighted by atomic mass is 79.9. The Morgan fingerprint density at radius 1 is 1.26 bits per heavy atom. The van der Waals surface area contributed by atoms with Crippen molar-refractivity contribution in [3.05, 3.63) is 30.2 Å². The van der Waals surface area contributed by atoms with Crippen LogP contribution in [0.1, 0.15) is 31.6 Å². The molecule has 2 bridgehead atoms. The summed E-state index contributed by atoms with van der Waals surface area (Å²) >= 11 is 3.90. The van der Waals surface area contributed by atoms with Gasteiger partial charge in [0, 0.05) is 11.2 Å². The van der Waals surface area contributed by atoms with Crippen molar-refractivity contribution in [1.82, 2.24) is 4.98 Å². The number of benzene rings is 1. The Morgan fingerprint density at radius 2 is 2.16 bits per heavy atom. The minimum Gasteiger partial charge on any atom is -0.441 e. The van der Waals surface area contributed by atoms with E-state index in [2.05, 4.69) is 20.9 Å². The molecule has 2 nitrogen and oxygen atoms in total. The molecule has 1 aromatic carbocycles. The lowest BCUT2D eigenvalue weighted by Gasteiger charge is -2.25. The molecule has 2 aromatic rings. The first kappa shape index (κ1) is 12.0. The summed E-state index contributed by atoms with van der Waals surface area (Å²) in [5, 5.41) is 0. The van der Waals surface area contributed by atoms with Crippen molar-refractivity contribution in [2.75, 3.05) is 0 Å². The Kier molecular flexibility index (Phi) is 2.91. The minimum atomic E-state index is 0.524. The number of rotatable bonds is 3. The Balaban J connectivity index is 1.51. The summed E-state index contributed by atoms with van der Waals surface area (Å²) in [6.45, 7) is 0. The van der Waals surface area contributed by atoms with Gasteiger partial charge in [0.2, 0.25) is 0 Å². The van der Waals surface area contributed by atoms with Crippen LogP contribution in [0.4, 0.5) is 0 Å². The molecule has 19 heavy (non-hydrogen) atoms. The number of para-hydroxylation sites is 2. The molecule has 0 radical (unpaired) electrons. The molecule has 0 aliphatic heterocycles. The van der Waals surface area contributed by atoms with Gasteiger partial charge in [-0.3, -0.25) is 0 Å². The van der Waals surface area contributed by atoms with Crippen molar-refractivity contribution in [3.8, 4) is 0 Å². The molecule has 0 N–H and O–H groups in total. The van der Waals surface area contributed by atoms with E-state index in [0.717, 1.165) is 41.2 Å². The van der Waals surface area contributed by atoms with Crippen molar-refractivity contribution in [1.29, 1.82) is 0 Å². The topological polar surface area (TPSA) is 26.0 Å². The second kappa shape index (κ2) is 4.62. The lowest BCUT2D eigenvalue weighted by molar-refractivity contribution is 0.318. The molecule has 2 aliphatic rings. The summed E-state index contributed by atoms with van der Waals surface area (Å²) < 4.78 is 5.84. The molecule has 2 aliphatic carbocycles. The number of oxazole rings is 1. The summed E-state index contributed by atoms with van der Waals surface area (Å²) in [4.78, 5) is 5.11. The average molecular weight is 320 g/mol. The zero-order valence-corrected chi connectivity index (χ0v) is 12.5.